The molecule has 1 aliphatic heterocycles. The molecule has 0 aliphatic carbocycles. The molecule has 2 heterocycles. The number of aromatic nitrogens is 1. The van der Waals surface area contributed by atoms with Crippen LogP contribution in [-0.2, 0) is 32.6 Å². The van der Waals surface area contributed by atoms with E-state index in [-0.39, 0.29) is 60.6 Å². The quantitative estimate of drug-likeness (QED) is 0.148. The van der Waals surface area contributed by atoms with E-state index in [1.807, 2.05) is 44.2 Å². The lowest BCUT2D eigenvalue weighted by atomic mass is 9.97. The van der Waals surface area contributed by atoms with Crippen molar-refractivity contribution >= 4 is 33.7 Å². The topological polar surface area (TPSA) is 178 Å². The first-order valence-electron chi connectivity index (χ1n) is 16.9. The van der Waals surface area contributed by atoms with Gasteiger partial charge in [0.15, 0.2) is 5.78 Å². The fourth-order valence-corrected chi connectivity index (χ4v) is 7.76. The molecule has 1 saturated heterocycles. The Morgan fingerprint density at radius 3 is 2.27 bits per heavy atom. The van der Waals surface area contributed by atoms with Gasteiger partial charge in [0.25, 0.3) is 5.91 Å². The molecule has 0 spiro atoms. The van der Waals surface area contributed by atoms with E-state index in [4.69, 9.17) is 0 Å². The molecule has 14 heteroatoms. The fourth-order valence-electron chi connectivity index (χ4n) is 6.06. The second-order valence-corrected chi connectivity index (χ2v) is 15.7. The summed E-state index contributed by atoms with van der Waals surface area (Å²) in [6.45, 7) is 9.40. The highest BCUT2D eigenvalue weighted by Gasteiger charge is 2.44. The smallest absolute Gasteiger partial charge is 0.328 e. The first-order chi connectivity index (χ1) is 24.0. The van der Waals surface area contributed by atoms with Crippen LogP contribution in [0.4, 0.5) is 4.79 Å². The number of ketones is 1. The number of nitrogens with one attached hydrogen (secondary N) is 1. The third-order valence-electron chi connectivity index (χ3n) is 8.70. The van der Waals surface area contributed by atoms with E-state index in [9.17, 15) is 37.8 Å². The Morgan fingerprint density at radius 2 is 1.67 bits per heavy atom. The number of sulfonamides is 1. The highest BCUT2D eigenvalue weighted by molar-refractivity contribution is 7.89. The molecule has 0 radical (unpaired) electrons. The van der Waals surface area contributed by atoms with Gasteiger partial charge in [-0.3, -0.25) is 24.3 Å². The Labute approximate surface area is 299 Å². The van der Waals surface area contributed by atoms with Crippen molar-refractivity contribution in [3.05, 3.63) is 89.2 Å². The Balaban J connectivity index is 1.60. The molecular formula is C37H47N5O8S. The number of aliphatic hydroxyl groups excluding tert-OH is 1. The molecule has 2 aromatic carbocycles. The zero-order valence-corrected chi connectivity index (χ0v) is 30.6. The number of aromatic hydroxyl groups is 1. The summed E-state index contributed by atoms with van der Waals surface area (Å²) in [5.74, 6) is -1.99. The van der Waals surface area contributed by atoms with Gasteiger partial charge in [-0.1, -0.05) is 58.0 Å². The number of Topliss-reactive ketones (excluding diaryl/α,β-unsaturated/α-hetero) is 1. The van der Waals surface area contributed by atoms with Crippen LogP contribution in [0, 0.1) is 18.8 Å². The average Bonchev–Trinajstić information content (AvgIpc) is 3.33. The van der Waals surface area contributed by atoms with Crippen LogP contribution in [0.3, 0.4) is 0 Å². The van der Waals surface area contributed by atoms with Crippen LogP contribution in [-0.4, -0.2) is 99.2 Å². The number of pyridine rings is 1. The highest BCUT2D eigenvalue weighted by Crippen LogP contribution is 2.25. The molecule has 4 amide bonds. The van der Waals surface area contributed by atoms with Crippen LogP contribution in [0.25, 0.3) is 0 Å². The second kappa shape index (κ2) is 16.6. The number of imide groups is 1. The standard InChI is InChI=1S/C37H47N5O8S/c1-23(2)19-40(51(49,50)29-12-13-32(44)25(5)16-29)21-33(45)31(17-27-10-8-7-9-11-27)39-36(47)35(24(3)4)42-22-34(46)41(37(42)48)20-28-14-15-38-30(18-28)26(6)43/h7-16,18,23-24,31,33,35,44-45H,17,19-22H2,1-6H3,(H,39,47)/t31-,33+,35-/m0/s1. The van der Waals surface area contributed by atoms with E-state index in [0.29, 0.717) is 11.1 Å². The molecule has 51 heavy (non-hydrogen) atoms. The van der Waals surface area contributed by atoms with Crippen LogP contribution >= 0.6 is 0 Å². The Hall–Kier alpha value is -4.66. The number of phenols is 1. The van der Waals surface area contributed by atoms with Crippen molar-refractivity contribution in [2.75, 3.05) is 19.6 Å². The van der Waals surface area contributed by atoms with Crippen molar-refractivity contribution in [2.24, 2.45) is 11.8 Å². The number of carbonyl (C=O) groups is 4. The summed E-state index contributed by atoms with van der Waals surface area (Å²) in [7, 11) is -4.13. The molecule has 13 nitrogen and oxygen atoms in total. The predicted octanol–water partition coefficient (Wildman–Crippen LogP) is 3.52. The van der Waals surface area contributed by atoms with Gasteiger partial charge in [-0.25, -0.2) is 13.2 Å². The summed E-state index contributed by atoms with van der Waals surface area (Å²) in [6, 6.07) is 13.4. The molecule has 0 saturated carbocycles. The lowest BCUT2D eigenvalue weighted by Gasteiger charge is -2.34. The van der Waals surface area contributed by atoms with Crippen molar-refractivity contribution in [3.63, 3.8) is 0 Å². The molecule has 1 aliphatic rings. The Bertz CT molecular complexity index is 1850. The summed E-state index contributed by atoms with van der Waals surface area (Å²) in [5.41, 5.74) is 1.88. The molecule has 3 aromatic rings. The number of aryl methyl sites for hydroxylation is 1. The minimum Gasteiger partial charge on any atom is -0.508 e. The van der Waals surface area contributed by atoms with Gasteiger partial charge >= 0.3 is 6.03 Å². The third-order valence-corrected chi connectivity index (χ3v) is 10.5. The monoisotopic (exact) mass is 721 g/mol. The van der Waals surface area contributed by atoms with Crippen molar-refractivity contribution in [2.45, 2.75) is 77.6 Å². The maximum Gasteiger partial charge on any atom is 0.328 e. The van der Waals surface area contributed by atoms with E-state index >= 15 is 0 Å². The van der Waals surface area contributed by atoms with E-state index in [2.05, 4.69) is 10.3 Å². The maximum atomic E-state index is 14.1. The number of phenolic OH excluding ortho intramolecular Hbond substituents is 1. The summed E-state index contributed by atoms with van der Waals surface area (Å²) >= 11 is 0. The number of carbonyl (C=O) groups excluding carboxylic acids is 4. The van der Waals surface area contributed by atoms with Gasteiger partial charge in [-0.15, -0.1) is 0 Å². The largest absolute Gasteiger partial charge is 0.508 e. The summed E-state index contributed by atoms with van der Waals surface area (Å²) in [5, 5.41) is 24.6. The maximum absolute atomic E-state index is 14.1. The van der Waals surface area contributed by atoms with Gasteiger partial charge in [0.2, 0.25) is 15.9 Å². The fraction of sp³-hybridized carbons (Fsp3) is 0.432. The summed E-state index contributed by atoms with van der Waals surface area (Å²) in [6.07, 6.45) is 0.186. The van der Waals surface area contributed by atoms with E-state index in [0.717, 1.165) is 10.5 Å². The van der Waals surface area contributed by atoms with Gasteiger partial charge in [-0.2, -0.15) is 4.31 Å². The SMILES string of the molecule is CC(=O)c1cc(CN2C(=O)CN([C@H](C(=O)N[C@@H](Cc3ccccc3)[C@H](O)CN(CC(C)C)S(=O)(=O)c3ccc(O)c(C)c3)C(C)C)C2=O)ccn1. The van der Waals surface area contributed by atoms with Crippen LogP contribution in [0.15, 0.2) is 71.8 Å². The number of nitrogens with zero attached hydrogens (tertiary/aromatic N) is 4. The van der Waals surface area contributed by atoms with Gasteiger partial charge in [0.05, 0.1) is 23.6 Å². The lowest BCUT2D eigenvalue weighted by molar-refractivity contribution is -0.129. The zero-order valence-electron chi connectivity index (χ0n) is 29.8. The van der Waals surface area contributed by atoms with Crippen molar-refractivity contribution in [1.29, 1.82) is 0 Å². The second-order valence-electron chi connectivity index (χ2n) is 13.7. The molecule has 4 rings (SSSR count). The van der Waals surface area contributed by atoms with Crippen LogP contribution < -0.4 is 5.32 Å². The number of hydrogen-bond acceptors (Lipinski definition) is 9. The molecular weight excluding hydrogens is 675 g/mol. The van der Waals surface area contributed by atoms with Gasteiger partial charge < -0.3 is 20.4 Å². The van der Waals surface area contributed by atoms with Crippen LogP contribution in [0.2, 0.25) is 0 Å². The van der Waals surface area contributed by atoms with Crippen molar-refractivity contribution in [3.8, 4) is 5.75 Å². The molecule has 3 atom stereocenters. The highest BCUT2D eigenvalue weighted by atomic mass is 32.2. The van der Waals surface area contributed by atoms with Gasteiger partial charge in [0, 0.05) is 26.2 Å². The zero-order chi connectivity index (χ0) is 37.6. The van der Waals surface area contributed by atoms with Gasteiger partial charge in [-0.05, 0) is 72.2 Å². The number of urea groups is 1. The van der Waals surface area contributed by atoms with E-state index < -0.39 is 52.0 Å². The number of hydrogen-bond donors (Lipinski definition) is 3. The van der Waals surface area contributed by atoms with Crippen molar-refractivity contribution < 1.29 is 37.8 Å². The molecule has 1 fully saturated rings. The average molecular weight is 722 g/mol. The number of rotatable bonds is 16. The van der Waals surface area contributed by atoms with E-state index in [1.165, 1.54) is 46.6 Å². The normalized spacial score (nSPS) is 15.5. The van der Waals surface area contributed by atoms with E-state index in [1.54, 1.807) is 26.8 Å². The molecule has 1 aromatic heterocycles. The Kier molecular flexibility index (Phi) is 12.7. The lowest BCUT2D eigenvalue weighted by Crippen LogP contribution is -2.57. The number of aliphatic hydroxyl groups is 1. The molecule has 274 valence electrons. The van der Waals surface area contributed by atoms with Crippen molar-refractivity contribution in [1.82, 2.24) is 24.4 Å². The summed E-state index contributed by atoms with van der Waals surface area (Å²) in [4.78, 5) is 58.9. The minimum atomic E-state index is -4.13. The number of amides is 4. The van der Waals surface area contributed by atoms with Crippen LogP contribution in [0.5, 0.6) is 5.75 Å². The third kappa shape index (κ3) is 9.57. The minimum absolute atomic E-state index is 0.0415. The molecule has 3 N–H and O–H groups in total. The first kappa shape index (κ1) is 39.1. The Morgan fingerprint density at radius 1 is 0.980 bits per heavy atom. The molecule has 0 bridgehead atoms. The van der Waals surface area contributed by atoms with Gasteiger partial charge in [0.1, 0.15) is 24.0 Å². The first-order valence-corrected chi connectivity index (χ1v) is 18.3. The molecule has 0 unspecified atom stereocenters. The predicted molar refractivity (Wildman–Crippen MR) is 190 cm³/mol. The van der Waals surface area contributed by atoms with Crippen LogP contribution in [0.1, 0.15) is 61.8 Å². The summed E-state index contributed by atoms with van der Waals surface area (Å²) < 4.78 is 28.9. The number of benzene rings is 2.